The topological polar surface area (TPSA) is 35.6 Å². The standard InChI is InChI=1S/C39H30N4/c1-39(2)29-15-11-13-27(23-29)37-40-35(25-42(37)31-17-5-3-6-18-31)33-21-9-10-22-34(33)36-26-43(32-19-7-4-8-20-32)38(41-36)28-14-12-16-30(39)24-28/h3-26H,1-2H3. The second kappa shape index (κ2) is 9.81. The van der Waals surface area contributed by atoms with Crippen LogP contribution in [-0.2, 0) is 5.41 Å². The minimum Gasteiger partial charge on any atom is -0.299 e. The van der Waals surface area contributed by atoms with Gasteiger partial charge in [-0.1, -0.05) is 111 Å². The summed E-state index contributed by atoms with van der Waals surface area (Å²) >= 11 is 0. The molecule has 0 N–H and O–H groups in total. The van der Waals surface area contributed by atoms with Crippen LogP contribution in [0.25, 0.3) is 56.7 Å². The first-order valence-corrected chi connectivity index (χ1v) is 14.7. The van der Waals surface area contributed by atoms with Crippen molar-refractivity contribution in [3.63, 3.8) is 0 Å². The number of rotatable bonds is 2. The highest BCUT2D eigenvalue weighted by Crippen LogP contribution is 2.39. The minimum atomic E-state index is -0.255. The Morgan fingerprint density at radius 2 is 0.884 bits per heavy atom. The Bertz CT molecular complexity index is 1950. The number of hydrogen-bond donors (Lipinski definition) is 0. The lowest BCUT2D eigenvalue weighted by Gasteiger charge is -2.27. The predicted molar refractivity (Wildman–Crippen MR) is 175 cm³/mol. The highest BCUT2D eigenvalue weighted by atomic mass is 15.1. The van der Waals surface area contributed by atoms with Crippen molar-refractivity contribution in [2.75, 3.05) is 0 Å². The van der Waals surface area contributed by atoms with Gasteiger partial charge in [0.1, 0.15) is 11.6 Å². The first-order chi connectivity index (χ1) is 21.1. The summed E-state index contributed by atoms with van der Waals surface area (Å²) in [5.41, 5.74) is 10.4. The molecule has 4 heteroatoms. The van der Waals surface area contributed by atoms with E-state index >= 15 is 0 Å². The average molecular weight is 555 g/mol. The van der Waals surface area contributed by atoms with Crippen LogP contribution in [0.5, 0.6) is 0 Å². The third-order valence-electron chi connectivity index (χ3n) is 8.64. The van der Waals surface area contributed by atoms with E-state index in [1.54, 1.807) is 0 Å². The molecule has 1 aliphatic heterocycles. The number of para-hydroxylation sites is 2. The van der Waals surface area contributed by atoms with Crippen LogP contribution in [0.15, 0.2) is 146 Å². The molecule has 0 spiro atoms. The molecular formula is C39H30N4. The molecule has 2 aromatic heterocycles. The van der Waals surface area contributed by atoms with Gasteiger partial charge in [0.15, 0.2) is 0 Å². The van der Waals surface area contributed by atoms with Crippen molar-refractivity contribution in [1.29, 1.82) is 0 Å². The molecule has 0 amide bonds. The highest BCUT2D eigenvalue weighted by Gasteiger charge is 2.26. The summed E-state index contributed by atoms with van der Waals surface area (Å²) in [6.45, 7) is 4.59. The maximum Gasteiger partial charge on any atom is 0.145 e. The van der Waals surface area contributed by atoms with Gasteiger partial charge in [-0.3, -0.25) is 9.13 Å². The fourth-order valence-electron chi connectivity index (χ4n) is 6.19. The molecule has 0 saturated heterocycles. The van der Waals surface area contributed by atoms with E-state index in [9.17, 15) is 0 Å². The quantitative estimate of drug-likeness (QED) is 0.213. The molecule has 3 heterocycles. The second-order valence-electron chi connectivity index (χ2n) is 11.6. The summed E-state index contributed by atoms with van der Waals surface area (Å²) in [6.07, 6.45) is 4.32. The van der Waals surface area contributed by atoms with Gasteiger partial charge in [0.05, 0.1) is 11.4 Å². The second-order valence-corrected chi connectivity index (χ2v) is 11.6. The summed E-state index contributed by atoms with van der Waals surface area (Å²) in [6, 6.07) is 47.1. The van der Waals surface area contributed by atoms with Crippen molar-refractivity contribution < 1.29 is 0 Å². The molecule has 7 aromatic rings. The largest absolute Gasteiger partial charge is 0.299 e. The van der Waals surface area contributed by atoms with Crippen molar-refractivity contribution in [2.24, 2.45) is 0 Å². The Labute approximate surface area is 251 Å². The number of hydrogen-bond acceptors (Lipinski definition) is 2. The van der Waals surface area contributed by atoms with E-state index in [-0.39, 0.29) is 5.41 Å². The molecule has 0 saturated carbocycles. The smallest absolute Gasteiger partial charge is 0.145 e. The van der Waals surface area contributed by atoms with E-state index in [1.165, 1.54) is 11.1 Å². The van der Waals surface area contributed by atoms with Gasteiger partial charge in [0, 0.05) is 51.4 Å². The van der Waals surface area contributed by atoms with E-state index in [0.717, 1.165) is 56.7 Å². The molecule has 0 unspecified atom stereocenters. The SMILES string of the molecule is CC1(C)c2cccc(c2)-c2nc(cn2-c2ccccc2)-c2ccccc2-c2cn(-c3ccccc3)c(n2)-c2cccc1c2. The maximum atomic E-state index is 5.32. The molecule has 8 rings (SSSR count). The van der Waals surface area contributed by atoms with Crippen molar-refractivity contribution in [2.45, 2.75) is 19.3 Å². The van der Waals surface area contributed by atoms with Gasteiger partial charge in [0.2, 0.25) is 0 Å². The van der Waals surface area contributed by atoms with Gasteiger partial charge in [-0.2, -0.15) is 0 Å². The molecule has 43 heavy (non-hydrogen) atoms. The molecule has 4 nitrogen and oxygen atoms in total. The van der Waals surface area contributed by atoms with Crippen LogP contribution in [0.4, 0.5) is 0 Å². The van der Waals surface area contributed by atoms with Crippen LogP contribution in [0.2, 0.25) is 0 Å². The summed E-state index contributed by atoms with van der Waals surface area (Å²) in [7, 11) is 0. The predicted octanol–water partition coefficient (Wildman–Crippen LogP) is 9.37. The zero-order valence-corrected chi connectivity index (χ0v) is 24.1. The number of benzene rings is 5. The molecule has 1 aliphatic rings. The monoisotopic (exact) mass is 554 g/mol. The van der Waals surface area contributed by atoms with E-state index < -0.39 is 0 Å². The van der Waals surface area contributed by atoms with Gasteiger partial charge < -0.3 is 0 Å². The van der Waals surface area contributed by atoms with E-state index in [4.69, 9.17) is 9.97 Å². The molecule has 0 radical (unpaired) electrons. The number of fused-ring (bicyclic) bond motifs is 13. The van der Waals surface area contributed by atoms with Crippen molar-refractivity contribution in [1.82, 2.24) is 19.1 Å². The summed E-state index contributed by atoms with van der Waals surface area (Å²) in [4.78, 5) is 10.6. The Kier molecular flexibility index (Phi) is 5.76. The van der Waals surface area contributed by atoms with Crippen molar-refractivity contribution in [3.05, 3.63) is 157 Å². The average Bonchev–Trinajstić information content (AvgIpc) is 3.72. The molecule has 8 bridgehead atoms. The molecular weight excluding hydrogens is 524 g/mol. The summed E-state index contributed by atoms with van der Waals surface area (Å²) in [5.74, 6) is 1.82. The lowest BCUT2D eigenvalue weighted by atomic mass is 9.77. The van der Waals surface area contributed by atoms with Crippen LogP contribution in [0.1, 0.15) is 25.0 Å². The Hall–Kier alpha value is -5.48. The van der Waals surface area contributed by atoms with Gasteiger partial charge in [0.25, 0.3) is 0 Å². The first kappa shape index (κ1) is 25.2. The molecule has 5 aromatic carbocycles. The number of imidazole rings is 2. The summed E-state index contributed by atoms with van der Waals surface area (Å²) in [5, 5.41) is 0. The van der Waals surface area contributed by atoms with E-state index in [1.807, 2.05) is 12.1 Å². The van der Waals surface area contributed by atoms with Crippen molar-refractivity contribution in [3.8, 4) is 56.7 Å². The summed E-state index contributed by atoms with van der Waals surface area (Å²) < 4.78 is 4.41. The van der Waals surface area contributed by atoms with Gasteiger partial charge in [-0.05, 0) is 47.5 Å². The van der Waals surface area contributed by atoms with Crippen LogP contribution in [0.3, 0.4) is 0 Å². The lowest BCUT2D eigenvalue weighted by molar-refractivity contribution is 0.641. The molecule has 0 fully saturated rings. The zero-order valence-electron chi connectivity index (χ0n) is 24.1. The zero-order chi connectivity index (χ0) is 29.0. The number of aromatic nitrogens is 4. The van der Waals surface area contributed by atoms with Gasteiger partial charge in [-0.25, -0.2) is 9.97 Å². The Balaban J connectivity index is 1.47. The minimum absolute atomic E-state index is 0.255. The Morgan fingerprint density at radius 1 is 0.465 bits per heavy atom. The normalized spacial score (nSPS) is 13.1. The lowest BCUT2D eigenvalue weighted by Crippen LogP contribution is -2.19. The van der Waals surface area contributed by atoms with Crippen LogP contribution < -0.4 is 0 Å². The fourth-order valence-corrected chi connectivity index (χ4v) is 6.19. The highest BCUT2D eigenvalue weighted by molar-refractivity contribution is 5.83. The molecule has 0 aliphatic carbocycles. The van der Waals surface area contributed by atoms with Gasteiger partial charge in [-0.15, -0.1) is 0 Å². The van der Waals surface area contributed by atoms with E-state index in [2.05, 4.69) is 157 Å². The molecule has 0 atom stereocenters. The Morgan fingerprint density at radius 3 is 1.33 bits per heavy atom. The third kappa shape index (κ3) is 4.22. The fraction of sp³-hybridized carbons (Fsp3) is 0.0769. The van der Waals surface area contributed by atoms with Crippen molar-refractivity contribution >= 4 is 0 Å². The third-order valence-corrected chi connectivity index (χ3v) is 8.64. The van der Waals surface area contributed by atoms with Gasteiger partial charge >= 0.3 is 0 Å². The van der Waals surface area contributed by atoms with E-state index in [0.29, 0.717) is 0 Å². The van der Waals surface area contributed by atoms with Crippen LogP contribution >= 0.6 is 0 Å². The molecule has 206 valence electrons. The number of nitrogens with zero attached hydrogens (tertiary/aromatic N) is 4. The maximum absolute atomic E-state index is 5.32. The first-order valence-electron chi connectivity index (χ1n) is 14.7. The van der Waals surface area contributed by atoms with Crippen LogP contribution in [-0.4, -0.2) is 19.1 Å². The van der Waals surface area contributed by atoms with Crippen LogP contribution in [0, 0.1) is 0 Å².